The van der Waals surface area contributed by atoms with E-state index in [1.165, 1.54) is 18.3 Å². The molecule has 2 aromatic heterocycles. The number of H-pyrrole nitrogens is 1. The Balaban J connectivity index is 1.97. The molecule has 0 aliphatic carbocycles. The lowest BCUT2D eigenvalue weighted by molar-refractivity contribution is -0.115. The van der Waals surface area contributed by atoms with E-state index in [-0.39, 0.29) is 17.9 Å². The second-order valence-corrected chi connectivity index (χ2v) is 3.66. The summed E-state index contributed by atoms with van der Waals surface area (Å²) in [6, 6.07) is 6.46. The molecule has 6 nitrogen and oxygen atoms in total. The van der Waals surface area contributed by atoms with E-state index >= 15 is 0 Å². The molecule has 2 aromatic rings. The number of anilines is 1. The zero-order valence-electron chi connectivity index (χ0n) is 9.38. The average molecular weight is 245 g/mol. The molecular weight excluding hydrogens is 234 g/mol. The molecule has 1 amide bonds. The Kier molecular flexibility index (Phi) is 3.38. The maximum absolute atomic E-state index is 11.6. The van der Waals surface area contributed by atoms with Gasteiger partial charge in [-0.15, -0.1) is 0 Å². The number of carboxylic acid groups (broad SMARTS) is 1. The first-order valence-corrected chi connectivity index (χ1v) is 5.26. The first kappa shape index (κ1) is 11.8. The summed E-state index contributed by atoms with van der Waals surface area (Å²) in [4.78, 5) is 29.0. The summed E-state index contributed by atoms with van der Waals surface area (Å²) in [5.41, 5.74) is 0.882. The highest BCUT2D eigenvalue weighted by Crippen LogP contribution is 2.06. The number of aromatic carboxylic acids is 1. The molecular formula is C12H11N3O3. The molecule has 0 unspecified atom stereocenters. The molecule has 0 aromatic carbocycles. The summed E-state index contributed by atoms with van der Waals surface area (Å²) in [7, 11) is 0. The van der Waals surface area contributed by atoms with Crippen molar-refractivity contribution in [3.8, 4) is 0 Å². The third kappa shape index (κ3) is 2.94. The van der Waals surface area contributed by atoms with E-state index in [0.29, 0.717) is 5.82 Å². The molecule has 3 N–H and O–H groups in total. The summed E-state index contributed by atoms with van der Waals surface area (Å²) in [5.74, 6) is -0.934. The molecule has 2 heterocycles. The number of pyridine rings is 1. The molecule has 0 bridgehead atoms. The third-order valence-corrected chi connectivity index (χ3v) is 2.29. The van der Waals surface area contributed by atoms with Crippen molar-refractivity contribution in [2.45, 2.75) is 6.42 Å². The van der Waals surface area contributed by atoms with Gasteiger partial charge in [0.15, 0.2) is 0 Å². The molecule has 0 saturated carbocycles. The number of nitrogens with zero attached hydrogens (tertiary/aromatic N) is 1. The van der Waals surface area contributed by atoms with Gasteiger partial charge in [-0.2, -0.15) is 0 Å². The average Bonchev–Trinajstić information content (AvgIpc) is 2.82. The maximum atomic E-state index is 11.6. The number of rotatable bonds is 4. The van der Waals surface area contributed by atoms with Crippen molar-refractivity contribution in [3.63, 3.8) is 0 Å². The Bertz CT molecular complexity index is 546. The first-order valence-electron chi connectivity index (χ1n) is 5.26. The SMILES string of the molecule is O=C(Cc1ccc[nH]1)Nc1ccc(C(=O)O)cn1. The highest BCUT2D eigenvalue weighted by Gasteiger charge is 2.07. The standard InChI is InChI=1S/C12H11N3O3/c16-11(6-9-2-1-5-13-9)15-10-4-3-8(7-14-10)12(17)18/h1-5,7,13H,6H2,(H,17,18)(H,14,15,16). The predicted molar refractivity (Wildman–Crippen MR) is 64.3 cm³/mol. The Morgan fingerprint density at radius 1 is 1.33 bits per heavy atom. The van der Waals surface area contributed by atoms with Crippen molar-refractivity contribution < 1.29 is 14.7 Å². The number of carbonyl (C=O) groups excluding carboxylic acids is 1. The number of hydrogen-bond donors (Lipinski definition) is 3. The van der Waals surface area contributed by atoms with Gasteiger partial charge in [-0.05, 0) is 24.3 Å². The first-order chi connectivity index (χ1) is 8.65. The van der Waals surface area contributed by atoms with E-state index in [2.05, 4.69) is 15.3 Å². The number of carbonyl (C=O) groups is 2. The Morgan fingerprint density at radius 2 is 2.17 bits per heavy atom. The monoisotopic (exact) mass is 245 g/mol. The minimum atomic E-state index is -1.05. The number of nitrogens with one attached hydrogen (secondary N) is 2. The van der Waals surface area contributed by atoms with Crippen molar-refractivity contribution in [3.05, 3.63) is 47.9 Å². The van der Waals surface area contributed by atoms with E-state index in [0.717, 1.165) is 5.69 Å². The number of hydrogen-bond acceptors (Lipinski definition) is 3. The van der Waals surface area contributed by atoms with Gasteiger partial charge in [0, 0.05) is 18.1 Å². The largest absolute Gasteiger partial charge is 0.478 e. The van der Waals surface area contributed by atoms with Gasteiger partial charge in [0.05, 0.1) is 12.0 Å². The van der Waals surface area contributed by atoms with Crippen LogP contribution in [0.3, 0.4) is 0 Å². The summed E-state index contributed by atoms with van der Waals surface area (Å²) < 4.78 is 0. The van der Waals surface area contributed by atoms with Crippen molar-refractivity contribution in [1.82, 2.24) is 9.97 Å². The molecule has 0 saturated heterocycles. The Hall–Kier alpha value is -2.63. The van der Waals surface area contributed by atoms with Crippen LogP contribution >= 0.6 is 0 Å². The highest BCUT2D eigenvalue weighted by atomic mass is 16.4. The summed E-state index contributed by atoms with van der Waals surface area (Å²) in [5, 5.41) is 11.3. The van der Waals surface area contributed by atoms with E-state index in [1.807, 2.05) is 6.07 Å². The van der Waals surface area contributed by atoms with Gasteiger partial charge < -0.3 is 15.4 Å². The van der Waals surface area contributed by atoms with Crippen molar-refractivity contribution in [1.29, 1.82) is 0 Å². The van der Waals surface area contributed by atoms with Crippen LogP contribution in [0.1, 0.15) is 16.1 Å². The van der Waals surface area contributed by atoms with Crippen LogP contribution in [0.25, 0.3) is 0 Å². The van der Waals surface area contributed by atoms with Crippen LogP contribution in [0, 0.1) is 0 Å². The topological polar surface area (TPSA) is 95.1 Å². The van der Waals surface area contributed by atoms with Gasteiger partial charge in [-0.1, -0.05) is 0 Å². The van der Waals surface area contributed by atoms with Crippen molar-refractivity contribution in [2.24, 2.45) is 0 Å². The van der Waals surface area contributed by atoms with Gasteiger partial charge in [0.25, 0.3) is 0 Å². The molecule has 0 aliphatic heterocycles. The molecule has 0 fully saturated rings. The van der Waals surface area contributed by atoms with E-state index in [9.17, 15) is 9.59 Å². The van der Waals surface area contributed by atoms with Crippen LogP contribution in [0.2, 0.25) is 0 Å². The van der Waals surface area contributed by atoms with Crippen molar-refractivity contribution >= 4 is 17.7 Å². The normalized spacial score (nSPS) is 10.0. The quantitative estimate of drug-likeness (QED) is 0.756. The fourth-order valence-corrected chi connectivity index (χ4v) is 1.43. The number of carboxylic acids is 1. The van der Waals surface area contributed by atoms with Crippen LogP contribution in [-0.4, -0.2) is 27.0 Å². The smallest absolute Gasteiger partial charge is 0.337 e. The minimum Gasteiger partial charge on any atom is -0.478 e. The lowest BCUT2D eigenvalue weighted by Crippen LogP contribution is -2.15. The zero-order valence-corrected chi connectivity index (χ0v) is 9.38. The van der Waals surface area contributed by atoms with Gasteiger partial charge in [0.1, 0.15) is 5.82 Å². The minimum absolute atomic E-state index is 0.0809. The summed E-state index contributed by atoms with van der Waals surface area (Å²) in [6.45, 7) is 0. The molecule has 0 atom stereocenters. The Morgan fingerprint density at radius 3 is 2.72 bits per heavy atom. The van der Waals surface area contributed by atoms with E-state index in [4.69, 9.17) is 5.11 Å². The fourth-order valence-electron chi connectivity index (χ4n) is 1.43. The molecule has 92 valence electrons. The van der Waals surface area contributed by atoms with Crippen LogP contribution in [0.4, 0.5) is 5.82 Å². The van der Waals surface area contributed by atoms with Crippen molar-refractivity contribution in [2.75, 3.05) is 5.32 Å². The molecule has 0 spiro atoms. The second-order valence-electron chi connectivity index (χ2n) is 3.66. The molecule has 0 aliphatic rings. The lowest BCUT2D eigenvalue weighted by Gasteiger charge is -2.03. The number of amides is 1. The second kappa shape index (κ2) is 5.13. The third-order valence-electron chi connectivity index (χ3n) is 2.29. The number of aromatic nitrogens is 2. The van der Waals surface area contributed by atoms with Gasteiger partial charge in [-0.25, -0.2) is 9.78 Å². The molecule has 2 rings (SSSR count). The fraction of sp³-hybridized carbons (Fsp3) is 0.0833. The summed E-state index contributed by atoms with van der Waals surface area (Å²) in [6.07, 6.45) is 3.16. The van der Waals surface area contributed by atoms with Crippen LogP contribution < -0.4 is 5.32 Å². The number of aromatic amines is 1. The van der Waals surface area contributed by atoms with Gasteiger partial charge in [0.2, 0.25) is 5.91 Å². The Labute approximate surface area is 103 Å². The van der Waals surface area contributed by atoms with Crippen LogP contribution in [-0.2, 0) is 11.2 Å². The summed E-state index contributed by atoms with van der Waals surface area (Å²) >= 11 is 0. The molecule has 18 heavy (non-hydrogen) atoms. The van der Waals surface area contributed by atoms with Crippen LogP contribution in [0.5, 0.6) is 0 Å². The zero-order chi connectivity index (χ0) is 13.0. The highest BCUT2D eigenvalue weighted by molar-refractivity contribution is 5.92. The van der Waals surface area contributed by atoms with E-state index in [1.54, 1.807) is 12.3 Å². The van der Waals surface area contributed by atoms with Crippen LogP contribution in [0.15, 0.2) is 36.7 Å². The lowest BCUT2D eigenvalue weighted by atomic mass is 10.3. The molecule has 6 heteroatoms. The van der Waals surface area contributed by atoms with E-state index < -0.39 is 5.97 Å². The predicted octanol–water partition coefficient (Wildman–Crippen LogP) is 1.29. The van der Waals surface area contributed by atoms with Gasteiger partial charge >= 0.3 is 5.97 Å². The maximum Gasteiger partial charge on any atom is 0.337 e. The molecule has 0 radical (unpaired) electrons. The van der Waals surface area contributed by atoms with Gasteiger partial charge in [-0.3, -0.25) is 4.79 Å².